The fraction of sp³-hybridized carbons (Fsp3) is 0. The van der Waals surface area contributed by atoms with Gasteiger partial charge in [-0.05, 0) is 93.7 Å². The Bertz CT molecular complexity index is 3490. The molecule has 3 aromatic heterocycles. The van der Waals surface area contributed by atoms with Crippen LogP contribution in [0.5, 0.6) is 0 Å². The molecular formula is C52H31NOS2. The summed E-state index contributed by atoms with van der Waals surface area (Å²) < 4.78 is 11.7. The van der Waals surface area contributed by atoms with Crippen LogP contribution in [-0.4, -0.2) is 0 Å². The third-order valence-corrected chi connectivity index (χ3v) is 13.6. The highest BCUT2D eigenvalue weighted by Crippen LogP contribution is 2.48. The molecule has 0 aliphatic rings. The molecule has 0 unspecified atom stereocenters. The van der Waals surface area contributed by atoms with Gasteiger partial charge in [0.15, 0.2) is 0 Å². The molecule has 0 radical (unpaired) electrons. The van der Waals surface area contributed by atoms with Crippen LogP contribution < -0.4 is 4.90 Å². The summed E-state index contributed by atoms with van der Waals surface area (Å²) >= 11 is 3.70. The van der Waals surface area contributed by atoms with Crippen molar-refractivity contribution in [3.05, 3.63) is 188 Å². The van der Waals surface area contributed by atoms with Crippen molar-refractivity contribution in [2.75, 3.05) is 4.90 Å². The van der Waals surface area contributed by atoms with Gasteiger partial charge in [-0.3, -0.25) is 0 Å². The lowest BCUT2D eigenvalue weighted by Gasteiger charge is -2.27. The van der Waals surface area contributed by atoms with E-state index in [9.17, 15) is 0 Å². The maximum absolute atomic E-state index is 6.63. The Morgan fingerprint density at radius 1 is 0.393 bits per heavy atom. The number of thiophene rings is 2. The van der Waals surface area contributed by atoms with Gasteiger partial charge >= 0.3 is 0 Å². The van der Waals surface area contributed by atoms with Crippen LogP contribution in [0, 0.1) is 0 Å². The molecule has 0 saturated heterocycles. The van der Waals surface area contributed by atoms with E-state index in [1.165, 1.54) is 79.1 Å². The van der Waals surface area contributed by atoms with E-state index in [0.29, 0.717) is 0 Å². The van der Waals surface area contributed by atoms with E-state index in [-0.39, 0.29) is 0 Å². The topological polar surface area (TPSA) is 16.4 Å². The highest BCUT2D eigenvalue weighted by molar-refractivity contribution is 7.26. The molecule has 262 valence electrons. The van der Waals surface area contributed by atoms with Crippen LogP contribution >= 0.6 is 22.7 Å². The molecule has 0 aliphatic heterocycles. The second-order valence-corrected chi connectivity index (χ2v) is 16.5. The molecule has 56 heavy (non-hydrogen) atoms. The number of fused-ring (bicyclic) bond motifs is 11. The lowest BCUT2D eigenvalue weighted by molar-refractivity contribution is 0.673. The minimum Gasteiger partial charge on any atom is -0.455 e. The monoisotopic (exact) mass is 749 g/mol. The molecule has 3 heterocycles. The summed E-state index contributed by atoms with van der Waals surface area (Å²) in [5.41, 5.74) is 10.1. The highest BCUT2D eigenvalue weighted by atomic mass is 32.1. The normalized spacial score (nSPS) is 11.9. The maximum atomic E-state index is 6.63. The van der Waals surface area contributed by atoms with Crippen molar-refractivity contribution in [2.24, 2.45) is 0 Å². The van der Waals surface area contributed by atoms with E-state index in [1.807, 2.05) is 28.7 Å². The van der Waals surface area contributed by atoms with Crippen molar-refractivity contribution in [3.63, 3.8) is 0 Å². The van der Waals surface area contributed by atoms with Crippen LogP contribution in [0.25, 0.3) is 95.3 Å². The lowest BCUT2D eigenvalue weighted by atomic mass is 9.97. The van der Waals surface area contributed by atoms with Gasteiger partial charge in [0, 0.05) is 57.8 Å². The second kappa shape index (κ2) is 12.4. The molecule has 0 amide bonds. The van der Waals surface area contributed by atoms with Crippen LogP contribution in [-0.2, 0) is 0 Å². The summed E-state index contributed by atoms with van der Waals surface area (Å²) in [4.78, 5) is 2.44. The smallest absolute Gasteiger partial charge is 0.144 e. The van der Waals surface area contributed by atoms with E-state index in [0.717, 1.165) is 33.3 Å². The van der Waals surface area contributed by atoms with Gasteiger partial charge in [0.25, 0.3) is 0 Å². The number of benzene rings is 9. The van der Waals surface area contributed by atoms with Gasteiger partial charge in [0.1, 0.15) is 11.2 Å². The quantitative estimate of drug-likeness (QED) is 0.174. The molecule has 12 aromatic rings. The third-order valence-electron chi connectivity index (χ3n) is 11.3. The third kappa shape index (κ3) is 4.80. The molecule has 0 aliphatic carbocycles. The molecule has 4 heteroatoms. The summed E-state index contributed by atoms with van der Waals surface area (Å²) in [5, 5.41) is 9.83. The van der Waals surface area contributed by atoms with Crippen LogP contribution in [0.2, 0.25) is 0 Å². The number of rotatable bonds is 5. The molecule has 9 aromatic carbocycles. The Labute approximate surface area is 330 Å². The molecule has 0 bridgehead atoms. The number of hydrogen-bond acceptors (Lipinski definition) is 4. The molecule has 0 saturated carbocycles. The van der Waals surface area contributed by atoms with E-state index in [2.05, 4.69) is 187 Å². The van der Waals surface area contributed by atoms with Crippen molar-refractivity contribution >= 4 is 113 Å². The van der Waals surface area contributed by atoms with Gasteiger partial charge in [-0.25, -0.2) is 0 Å². The fourth-order valence-electron chi connectivity index (χ4n) is 8.74. The van der Waals surface area contributed by atoms with E-state index in [4.69, 9.17) is 4.42 Å². The van der Waals surface area contributed by atoms with Gasteiger partial charge < -0.3 is 9.32 Å². The van der Waals surface area contributed by atoms with Crippen molar-refractivity contribution in [3.8, 4) is 22.3 Å². The molecule has 0 atom stereocenters. The Morgan fingerprint density at radius 2 is 1.09 bits per heavy atom. The first-order chi connectivity index (χ1) is 27.8. The summed E-state index contributed by atoms with van der Waals surface area (Å²) in [6, 6.07) is 68.4. The van der Waals surface area contributed by atoms with Crippen molar-refractivity contribution in [2.45, 2.75) is 0 Å². The largest absolute Gasteiger partial charge is 0.455 e. The zero-order valence-corrected chi connectivity index (χ0v) is 31.7. The van der Waals surface area contributed by atoms with E-state index < -0.39 is 0 Å². The Morgan fingerprint density at radius 3 is 2.02 bits per heavy atom. The van der Waals surface area contributed by atoms with Crippen LogP contribution in [0.15, 0.2) is 192 Å². The zero-order valence-electron chi connectivity index (χ0n) is 30.1. The summed E-state index contributed by atoms with van der Waals surface area (Å²) in [6.45, 7) is 0. The first kappa shape index (κ1) is 31.6. The van der Waals surface area contributed by atoms with Crippen molar-refractivity contribution in [1.29, 1.82) is 0 Å². The minimum atomic E-state index is 0.923. The first-order valence-corrected chi connectivity index (χ1v) is 20.5. The molecular weight excluding hydrogens is 719 g/mol. The van der Waals surface area contributed by atoms with Gasteiger partial charge in [-0.15, -0.1) is 22.7 Å². The molecule has 0 fully saturated rings. The summed E-state index contributed by atoms with van der Waals surface area (Å²) in [6.07, 6.45) is 0. The predicted octanol–water partition coefficient (Wildman–Crippen LogP) is 16.3. The molecule has 0 spiro atoms. The molecule has 2 nitrogen and oxygen atoms in total. The van der Waals surface area contributed by atoms with Gasteiger partial charge in [0.2, 0.25) is 0 Å². The number of nitrogens with zero attached hydrogens (tertiary/aromatic N) is 1. The molecule has 0 N–H and O–H groups in total. The van der Waals surface area contributed by atoms with Crippen molar-refractivity contribution in [1.82, 2.24) is 0 Å². The predicted molar refractivity (Wildman–Crippen MR) is 243 cm³/mol. The zero-order chi connectivity index (χ0) is 36.7. The molecule has 12 rings (SSSR count). The SMILES string of the molecule is c1cc(-c2cccc3sc4ccc5c6ccccc6oc5c4c23)cc(N(c2ccc(-c3cccc4ccccc34)cc2)c2cccc3c2sc2ccccc23)c1. The van der Waals surface area contributed by atoms with Gasteiger partial charge in [-0.1, -0.05) is 127 Å². The average Bonchev–Trinajstić information content (AvgIpc) is 3.96. The van der Waals surface area contributed by atoms with Gasteiger partial charge in [0.05, 0.1) is 10.4 Å². The summed E-state index contributed by atoms with van der Waals surface area (Å²) in [7, 11) is 0. The standard InChI is InChI=1S/C52H31NOS2/c1-2-15-37-32(11-1)12-8-18-38(37)33-25-27-35(28-26-33)53(44-21-9-20-43-41-17-4-6-23-46(41)56-52(43)44)36-14-7-13-34(31-36)39-19-10-24-47-49(39)50-48(55-47)30-29-42-40-16-3-5-22-45(40)54-51(42)50/h1-31H. The van der Waals surface area contributed by atoms with Gasteiger partial charge in [-0.2, -0.15) is 0 Å². The second-order valence-electron chi connectivity index (χ2n) is 14.4. The first-order valence-electron chi connectivity index (χ1n) is 18.9. The van der Waals surface area contributed by atoms with E-state index in [1.54, 1.807) is 0 Å². The lowest BCUT2D eigenvalue weighted by Crippen LogP contribution is -2.10. The van der Waals surface area contributed by atoms with Crippen LogP contribution in [0.3, 0.4) is 0 Å². The Hall–Kier alpha value is -6.72. The van der Waals surface area contributed by atoms with Crippen molar-refractivity contribution < 1.29 is 4.42 Å². The minimum absolute atomic E-state index is 0.923. The van der Waals surface area contributed by atoms with Crippen LogP contribution in [0.1, 0.15) is 0 Å². The average molecular weight is 750 g/mol. The van der Waals surface area contributed by atoms with E-state index >= 15 is 0 Å². The fourth-order valence-corrected chi connectivity index (χ4v) is 11.1. The van der Waals surface area contributed by atoms with Crippen LogP contribution in [0.4, 0.5) is 17.1 Å². The number of para-hydroxylation sites is 1. The number of hydrogen-bond donors (Lipinski definition) is 0. The Kier molecular flexibility index (Phi) is 7.00. The number of furan rings is 1. The summed E-state index contributed by atoms with van der Waals surface area (Å²) in [5.74, 6) is 0. The maximum Gasteiger partial charge on any atom is 0.144 e. The highest BCUT2D eigenvalue weighted by Gasteiger charge is 2.21. The number of anilines is 3. The Balaban J connectivity index is 1.07.